The van der Waals surface area contributed by atoms with Gasteiger partial charge in [-0.2, -0.15) is 0 Å². The summed E-state index contributed by atoms with van der Waals surface area (Å²) in [6.45, 7) is 0. The van der Waals surface area contributed by atoms with Gasteiger partial charge in [-0.3, -0.25) is 9.78 Å². The van der Waals surface area contributed by atoms with E-state index < -0.39 is 0 Å². The van der Waals surface area contributed by atoms with Crippen LogP contribution in [0.1, 0.15) is 9.67 Å². The first-order chi connectivity index (χ1) is 10.1. The van der Waals surface area contributed by atoms with Crippen LogP contribution in [0.15, 0.2) is 41.0 Å². The van der Waals surface area contributed by atoms with E-state index >= 15 is 0 Å². The molecule has 2 aromatic heterocycles. The molecule has 3 aromatic rings. The standard InChI is InChI=1S/C14H9BrFN3OS/c15-8-6-7(16)3-4-9(8)19-14(20)13-11(17)12-10(21-13)2-1-5-18-12/h1-6H,17H2,(H,19,20). The van der Waals surface area contributed by atoms with Crippen LogP contribution in [-0.4, -0.2) is 10.9 Å². The van der Waals surface area contributed by atoms with Gasteiger partial charge in [0.25, 0.3) is 5.91 Å². The lowest BCUT2D eigenvalue weighted by atomic mass is 10.3. The summed E-state index contributed by atoms with van der Waals surface area (Å²) in [5, 5.41) is 2.71. The Morgan fingerprint density at radius 2 is 2.19 bits per heavy atom. The predicted octanol–water partition coefficient (Wildman–Crippen LogP) is 4.03. The normalized spacial score (nSPS) is 10.8. The number of hydrogen-bond donors (Lipinski definition) is 2. The largest absolute Gasteiger partial charge is 0.396 e. The molecular weight excluding hydrogens is 357 g/mol. The summed E-state index contributed by atoms with van der Waals surface area (Å²) in [7, 11) is 0. The molecule has 3 rings (SSSR count). The van der Waals surface area contributed by atoms with Crippen LogP contribution >= 0.6 is 27.3 Å². The molecule has 0 aliphatic carbocycles. The van der Waals surface area contributed by atoms with E-state index in [0.717, 1.165) is 4.70 Å². The van der Waals surface area contributed by atoms with E-state index in [4.69, 9.17) is 5.73 Å². The van der Waals surface area contributed by atoms with E-state index in [1.54, 1.807) is 12.3 Å². The van der Waals surface area contributed by atoms with Gasteiger partial charge in [-0.1, -0.05) is 0 Å². The molecule has 1 amide bonds. The number of nitrogens with zero attached hydrogens (tertiary/aromatic N) is 1. The van der Waals surface area contributed by atoms with Crippen molar-refractivity contribution in [2.75, 3.05) is 11.1 Å². The first-order valence-electron chi connectivity index (χ1n) is 5.95. The zero-order valence-electron chi connectivity index (χ0n) is 10.6. The number of carbonyl (C=O) groups is 1. The van der Waals surface area contributed by atoms with Crippen LogP contribution in [0.2, 0.25) is 0 Å². The molecule has 0 saturated carbocycles. The van der Waals surface area contributed by atoms with Gasteiger partial charge in [-0.15, -0.1) is 11.3 Å². The number of amides is 1. The highest BCUT2D eigenvalue weighted by atomic mass is 79.9. The van der Waals surface area contributed by atoms with Gasteiger partial charge >= 0.3 is 0 Å². The first kappa shape index (κ1) is 14.0. The minimum absolute atomic E-state index is 0.345. The second-order valence-corrected chi connectivity index (χ2v) is 6.18. The molecule has 0 unspecified atom stereocenters. The van der Waals surface area contributed by atoms with Crippen LogP contribution < -0.4 is 11.1 Å². The van der Waals surface area contributed by atoms with E-state index in [2.05, 4.69) is 26.2 Å². The molecule has 0 fully saturated rings. The molecule has 0 aliphatic heterocycles. The van der Waals surface area contributed by atoms with Crippen molar-refractivity contribution >= 4 is 54.8 Å². The maximum atomic E-state index is 13.0. The summed E-state index contributed by atoms with van der Waals surface area (Å²) >= 11 is 4.48. The van der Waals surface area contributed by atoms with E-state index in [1.165, 1.54) is 29.5 Å². The van der Waals surface area contributed by atoms with Crippen LogP contribution in [0.25, 0.3) is 10.2 Å². The number of pyridine rings is 1. The van der Waals surface area contributed by atoms with E-state index in [0.29, 0.717) is 26.2 Å². The quantitative estimate of drug-likeness (QED) is 0.720. The molecule has 3 N–H and O–H groups in total. The highest BCUT2D eigenvalue weighted by Crippen LogP contribution is 2.33. The SMILES string of the molecule is Nc1c(C(=O)Nc2ccc(F)cc2Br)sc2cccnc12. The summed E-state index contributed by atoms with van der Waals surface area (Å²) in [5.41, 5.74) is 7.42. The minimum atomic E-state index is -0.384. The first-order valence-corrected chi connectivity index (χ1v) is 7.56. The monoisotopic (exact) mass is 365 g/mol. The van der Waals surface area contributed by atoms with Crippen molar-refractivity contribution in [1.82, 2.24) is 4.98 Å². The van der Waals surface area contributed by atoms with Crippen LogP contribution in [0.4, 0.5) is 15.8 Å². The summed E-state index contributed by atoms with van der Waals surface area (Å²) in [5.74, 6) is -0.728. The average molecular weight is 366 g/mol. The van der Waals surface area contributed by atoms with Gasteiger partial charge in [0.1, 0.15) is 16.2 Å². The van der Waals surface area contributed by atoms with Crippen LogP contribution in [0.3, 0.4) is 0 Å². The molecule has 2 heterocycles. The Labute approximate surface area is 131 Å². The zero-order chi connectivity index (χ0) is 15.0. The number of halogens is 2. The summed E-state index contributed by atoms with van der Waals surface area (Å²) in [6, 6.07) is 7.69. The Hall–Kier alpha value is -1.99. The number of benzene rings is 1. The van der Waals surface area contributed by atoms with Crippen molar-refractivity contribution in [3.05, 3.63) is 51.7 Å². The van der Waals surface area contributed by atoms with Crippen molar-refractivity contribution in [3.8, 4) is 0 Å². The molecule has 1 aromatic carbocycles. The third-order valence-corrected chi connectivity index (χ3v) is 4.68. The number of anilines is 2. The van der Waals surface area contributed by atoms with Crippen molar-refractivity contribution in [2.24, 2.45) is 0 Å². The minimum Gasteiger partial charge on any atom is -0.396 e. The smallest absolute Gasteiger partial charge is 0.267 e. The Balaban J connectivity index is 1.95. The van der Waals surface area contributed by atoms with E-state index in [1.807, 2.05) is 6.07 Å². The lowest BCUT2D eigenvalue weighted by molar-refractivity contribution is 0.103. The molecule has 21 heavy (non-hydrogen) atoms. The number of nitrogen functional groups attached to an aromatic ring is 1. The van der Waals surface area contributed by atoms with Crippen LogP contribution in [-0.2, 0) is 0 Å². The van der Waals surface area contributed by atoms with Crippen molar-refractivity contribution < 1.29 is 9.18 Å². The Morgan fingerprint density at radius 3 is 2.90 bits per heavy atom. The number of aromatic nitrogens is 1. The lowest BCUT2D eigenvalue weighted by Gasteiger charge is -2.06. The molecule has 4 nitrogen and oxygen atoms in total. The molecule has 0 spiro atoms. The zero-order valence-corrected chi connectivity index (χ0v) is 13.0. The van der Waals surface area contributed by atoms with Gasteiger partial charge in [0.05, 0.1) is 16.1 Å². The molecule has 0 bridgehead atoms. The van der Waals surface area contributed by atoms with E-state index in [-0.39, 0.29) is 11.7 Å². The number of carbonyl (C=O) groups excluding carboxylic acids is 1. The highest BCUT2D eigenvalue weighted by molar-refractivity contribution is 9.10. The molecule has 0 radical (unpaired) electrons. The van der Waals surface area contributed by atoms with Gasteiger partial charge in [0.2, 0.25) is 0 Å². The fourth-order valence-corrected chi connectivity index (χ4v) is 3.31. The Bertz CT molecular complexity index is 849. The second kappa shape index (κ2) is 5.42. The number of rotatable bonds is 2. The second-order valence-electron chi connectivity index (χ2n) is 4.27. The number of fused-ring (bicyclic) bond motifs is 1. The molecular formula is C14H9BrFN3OS. The van der Waals surface area contributed by atoms with E-state index in [9.17, 15) is 9.18 Å². The van der Waals surface area contributed by atoms with Crippen LogP contribution in [0.5, 0.6) is 0 Å². The van der Waals surface area contributed by atoms with Gasteiger partial charge < -0.3 is 11.1 Å². The fraction of sp³-hybridized carbons (Fsp3) is 0. The fourth-order valence-electron chi connectivity index (χ4n) is 1.89. The number of hydrogen-bond acceptors (Lipinski definition) is 4. The average Bonchev–Trinajstić information content (AvgIpc) is 2.80. The maximum Gasteiger partial charge on any atom is 0.267 e. The maximum absolute atomic E-state index is 13.0. The molecule has 0 atom stereocenters. The third kappa shape index (κ3) is 2.62. The molecule has 0 aliphatic rings. The Kier molecular flexibility index (Phi) is 3.60. The summed E-state index contributed by atoms with van der Waals surface area (Å²) in [4.78, 5) is 16.9. The molecule has 0 saturated heterocycles. The number of thiophene rings is 1. The summed E-state index contributed by atoms with van der Waals surface area (Å²) < 4.78 is 14.4. The lowest BCUT2D eigenvalue weighted by Crippen LogP contribution is -2.12. The Morgan fingerprint density at radius 1 is 1.38 bits per heavy atom. The number of nitrogens with one attached hydrogen (secondary N) is 1. The number of nitrogens with two attached hydrogens (primary N) is 1. The molecule has 106 valence electrons. The van der Waals surface area contributed by atoms with Gasteiger partial charge in [-0.25, -0.2) is 4.39 Å². The van der Waals surface area contributed by atoms with Crippen molar-refractivity contribution in [2.45, 2.75) is 0 Å². The van der Waals surface area contributed by atoms with Crippen LogP contribution in [0, 0.1) is 5.82 Å². The van der Waals surface area contributed by atoms with Crippen molar-refractivity contribution in [3.63, 3.8) is 0 Å². The van der Waals surface area contributed by atoms with Gasteiger partial charge in [0, 0.05) is 10.7 Å². The van der Waals surface area contributed by atoms with Crippen molar-refractivity contribution in [1.29, 1.82) is 0 Å². The topological polar surface area (TPSA) is 68.0 Å². The van der Waals surface area contributed by atoms with Gasteiger partial charge in [0.15, 0.2) is 0 Å². The third-order valence-electron chi connectivity index (χ3n) is 2.87. The summed E-state index contributed by atoms with van der Waals surface area (Å²) in [6.07, 6.45) is 1.63. The predicted molar refractivity (Wildman–Crippen MR) is 86.1 cm³/mol. The highest BCUT2D eigenvalue weighted by Gasteiger charge is 2.18. The van der Waals surface area contributed by atoms with Gasteiger partial charge in [-0.05, 0) is 46.3 Å². The molecule has 7 heteroatoms.